The standard InChI is InChI=1S/C23H25N3O/c27-23(22-12-5-4-11-21(22)19-8-2-1-3-9-19)26-15-7-6-10-20(26)13-16-25-17-14-24-18-25/h1-5,8-9,11-12,14,17-18,20H,6-7,10,13,15-16H2. The molecule has 0 saturated carbocycles. The molecule has 4 rings (SSSR count). The molecule has 1 aliphatic rings. The number of benzene rings is 2. The van der Waals surface area contributed by atoms with Crippen LogP contribution in [0.4, 0.5) is 0 Å². The molecule has 1 saturated heterocycles. The first kappa shape index (κ1) is 17.5. The summed E-state index contributed by atoms with van der Waals surface area (Å²) in [7, 11) is 0. The second kappa shape index (κ2) is 8.21. The molecule has 1 aliphatic heterocycles. The molecule has 0 bridgehead atoms. The smallest absolute Gasteiger partial charge is 0.254 e. The molecule has 0 N–H and O–H groups in total. The van der Waals surface area contributed by atoms with Gasteiger partial charge in [0.2, 0.25) is 0 Å². The van der Waals surface area contributed by atoms with E-state index < -0.39 is 0 Å². The maximum Gasteiger partial charge on any atom is 0.254 e. The van der Waals surface area contributed by atoms with E-state index >= 15 is 0 Å². The van der Waals surface area contributed by atoms with Crippen LogP contribution in [-0.2, 0) is 6.54 Å². The Balaban J connectivity index is 1.57. The number of nitrogens with zero attached hydrogens (tertiary/aromatic N) is 3. The molecule has 138 valence electrons. The zero-order chi connectivity index (χ0) is 18.5. The fourth-order valence-corrected chi connectivity index (χ4v) is 3.98. The maximum atomic E-state index is 13.5. The predicted molar refractivity (Wildman–Crippen MR) is 107 cm³/mol. The molecule has 1 aromatic heterocycles. The molecule has 4 nitrogen and oxygen atoms in total. The lowest BCUT2D eigenvalue weighted by atomic mass is 9.95. The summed E-state index contributed by atoms with van der Waals surface area (Å²) in [5.74, 6) is 0.157. The molecule has 0 radical (unpaired) electrons. The second-order valence-corrected chi connectivity index (χ2v) is 7.15. The molecule has 1 atom stereocenters. The monoisotopic (exact) mass is 359 g/mol. The number of likely N-dealkylation sites (tertiary alicyclic amines) is 1. The van der Waals surface area contributed by atoms with Crippen molar-refractivity contribution in [2.75, 3.05) is 6.54 Å². The summed E-state index contributed by atoms with van der Waals surface area (Å²) in [5, 5.41) is 0. The van der Waals surface area contributed by atoms with Gasteiger partial charge in [-0.15, -0.1) is 0 Å². The number of amides is 1. The molecule has 27 heavy (non-hydrogen) atoms. The van der Waals surface area contributed by atoms with Crippen molar-refractivity contribution in [1.29, 1.82) is 0 Å². The van der Waals surface area contributed by atoms with Crippen molar-refractivity contribution in [3.05, 3.63) is 78.9 Å². The molecular formula is C23H25N3O. The van der Waals surface area contributed by atoms with Gasteiger partial charge >= 0.3 is 0 Å². The van der Waals surface area contributed by atoms with Crippen molar-refractivity contribution in [3.8, 4) is 11.1 Å². The van der Waals surface area contributed by atoms with E-state index in [1.165, 1.54) is 6.42 Å². The van der Waals surface area contributed by atoms with Crippen LogP contribution >= 0.6 is 0 Å². The average molecular weight is 359 g/mol. The number of rotatable bonds is 5. The van der Waals surface area contributed by atoms with Crippen molar-refractivity contribution in [2.24, 2.45) is 0 Å². The Morgan fingerprint density at radius 2 is 1.85 bits per heavy atom. The summed E-state index contributed by atoms with van der Waals surface area (Å²) in [4.78, 5) is 19.7. The number of hydrogen-bond acceptors (Lipinski definition) is 2. The molecule has 0 aliphatic carbocycles. The van der Waals surface area contributed by atoms with Gasteiger partial charge in [0.15, 0.2) is 0 Å². The van der Waals surface area contributed by atoms with E-state index in [1.807, 2.05) is 55.0 Å². The van der Waals surface area contributed by atoms with Crippen molar-refractivity contribution in [2.45, 2.75) is 38.3 Å². The van der Waals surface area contributed by atoms with E-state index in [0.717, 1.165) is 49.0 Å². The lowest BCUT2D eigenvalue weighted by Crippen LogP contribution is -2.44. The Morgan fingerprint density at radius 1 is 1.04 bits per heavy atom. The van der Waals surface area contributed by atoms with E-state index in [9.17, 15) is 4.79 Å². The average Bonchev–Trinajstić information content (AvgIpc) is 3.26. The number of carbonyl (C=O) groups excluding carboxylic acids is 1. The zero-order valence-corrected chi connectivity index (χ0v) is 15.5. The molecule has 0 spiro atoms. The van der Waals surface area contributed by atoms with Gasteiger partial charge in [-0.1, -0.05) is 48.5 Å². The van der Waals surface area contributed by atoms with E-state index in [-0.39, 0.29) is 11.9 Å². The highest BCUT2D eigenvalue weighted by Gasteiger charge is 2.28. The zero-order valence-electron chi connectivity index (χ0n) is 15.5. The van der Waals surface area contributed by atoms with Gasteiger partial charge in [-0.2, -0.15) is 0 Å². The molecule has 2 heterocycles. The summed E-state index contributed by atoms with van der Waals surface area (Å²) in [6, 6.07) is 18.5. The lowest BCUT2D eigenvalue weighted by molar-refractivity contribution is 0.0596. The summed E-state index contributed by atoms with van der Waals surface area (Å²) in [6.45, 7) is 1.74. The fraction of sp³-hybridized carbons (Fsp3) is 0.304. The van der Waals surface area contributed by atoms with Crippen LogP contribution in [0.15, 0.2) is 73.3 Å². The van der Waals surface area contributed by atoms with Gasteiger partial charge in [0.05, 0.1) is 6.33 Å². The molecule has 2 aromatic carbocycles. The topological polar surface area (TPSA) is 38.1 Å². The van der Waals surface area contributed by atoms with Gasteiger partial charge in [0.25, 0.3) is 5.91 Å². The maximum absolute atomic E-state index is 13.5. The largest absolute Gasteiger partial charge is 0.337 e. The summed E-state index contributed by atoms with van der Waals surface area (Å²) < 4.78 is 2.09. The number of aryl methyl sites for hydroxylation is 1. The van der Waals surface area contributed by atoms with Gasteiger partial charge in [0, 0.05) is 37.1 Å². The highest BCUT2D eigenvalue weighted by Crippen LogP contribution is 2.28. The summed E-state index contributed by atoms with van der Waals surface area (Å²) in [5.41, 5.74) is 2.91. The quantitative estimate of drug-likeness (QED) is 0.666. The Hall–Kier alpha value is -2.88. The molecule has 1 fully saturated rings. The Kier molecular flexibility index (Phi) is 5.33. The molecule has 1 amide bonds. The Labute approximate surface area is 160 Å². The molecule has 4 heteroatoms. The minimum Gasteiger partial charge on any atom is -0.337 e. The predicted octanol–water partition coefficient (Wildman–Crippen LogP) is 4.64. The number of carbonyl (C=O) groups is 1. The van der Waals surface area contributed by atoms with Gasteiger partial charge in [-0.3, -0.25) is 4.79 Å². The minimum atomic E-state index is 0.157. The third-order valence-corrected chi connectivity index (χ3v) is 5.41. The SMILES string of the molecule is O=C(c1ccccc1-c1ccccc1)N1CCCCC1CCn1ccnc1. The number of imidazole rings is 1. The Morgan fingerprint density at radius 3 is 2.67 bits per heavy atom. The van der Waals surface area contributed by atoms with Crippen LogP contribution in [0.2, 0.25) is 0 Å². The van der Waals surface area contributed by atoms with Crippen molar-refractivity contribution >= 4 is 5.91 Å². The van der Waals surface area contributed by atoms with Crippen LogP contribution in [0.1, 0.15) is 36.0 Å². The van der Waals surface area contributed by atoms with Crippen molar-refractivity contribution < 1.29 is 4.79 Å². The first-order valence-corrected chi connectivity index (χ1v) is 9.74. The second-order valence-electron chi connectivity index (χ2n) is 7.15. The van der Waals surface area contributed by atoms with Gasteiger partial charge in [-0.05, 0) is 42.9 Å². The number of piperidine rings is 1. The van der Waals surface area contributed by atoms with Gasteiger partial charge < -0.3 is 9.47 Å². The van der Waals surface area contributed by atoms with Gasteiger partial charge in [0.1, 0.15) is 0 Å². The lowest BCUT2D eigenvalue weighted by Gasteiger charge is -2.36. The molecular weight excluding hydrogens is 334 g/mol. The minimum absolute atomic E-state index is 0.157. The van der Waals surface area contributed by atoms with Crippen molar-refractivity contribution in [1.82, 2.24) is 14.5 Å². The Bertz CT molecular complexity index is 874. The number of hydrogen-bond donors (Lipinski definition) is 0. The van der Waals surface area contributed by atoms with Gasteiger partial charge in [-0.25, -0.2) is 4.98 Å². The highest BCUT2D eigenvalue weighted by molar-refractivity contribution is 6.01. The summed E-state index contributed by atoms with van der Waals surface area (Å²) >= 11 is 0. The normalized spacial score (nSPS) is 17.0. The van der Waals surface area contributed by atoms with Crippen LogP contribution in [0.25, 0.3) is 11.1 Å². The first-order valence-electron chi connectivity index (χ1n) is 9.74. The molecule has 3 aromatic rings. The van der Waals surface area contributed by atoms with Crippen LogP contribution in [-0.4, -0.2) is 32.9 Å². The first-order chi connectivity index (χ1) is 13.3. The van der Waals surface area contributed by atoms with E-state index in [1.54, 1.807) is 6.20 Å². The van der Waals surface area contributed by atoms with Crippen LogP contribution in [0.3, 0.4) is 0 Å². The number of aromatic nitrogens is 2. The van der Waals surface area contributed by atoms with Crippen LogP contribution in [0, 0.1) is 0 Å². The van der Waals surface area contributed by atoms with E-state index in [2.05, 4.69) is 26.6 Å². The van der Waals surface area contributed by atoms with E-state index in [4.69, 9.17) is 0 Å². The molecule has 1 unspecified atom stereocenters. The third-order valence-electron chi connectivity index (χ3n) is 5.41. The third kappa shape index (κ3) is 3.95. The highest BCUT2D eigenvalue weighted by atomic mass is 16.2. The van der Waals surface area contributed by atoms with Crippen LogP contribution < -0.4 is 0 Å². The van der Waals surface area contributed by atoms with Crippen LogP contribution in [0.5, 0.6) is 0 Å². The fourth-order valence-electron chi connectivity index (χ4n) is 3.98. The van der Waals surface area contributed by atoms with Crippen molar-refractivity contribution in [3.63, 3.8) is 0 Å². The van der Waals surface area contributed by atoms with E-state index in [0.29, 0.717) is 0 Å². The summed E-state index contributed by atoms with van der Waals surface area (Å²) in [6.07, 6.45) is 9.96.